The Morgan fingerprint density at radius 3 is 2.50 bits per heavy atom. The fraction of sp³-hybridized carbons (Fsp3) is 0.200. The van der Waals surface area contributed by atoms with Crippen LogP contribution in [0, 0.1) is 12.7 Å². The molecule has 0 saturated carbocycles. The summed E-state index contributed by atoms with van der Waals surface area (Å²) in [7, 11) is 0. The zero-order valence-corrected chi connectivity index (χ0v) is 9.72. The summed E-state index contributed by atoms with van der Waals surface area (Å²) in [4.78, 5) is 0. The van der Waals surface area contributed by atoms with Gasteiger partial charge >= 0.3 is 6.18 Å². The average molecular weight is 280 g/mol. The third-order valence-corrected chi connectivity index (χ3v) is 2.63. The van der Waals surface area contributed by atoms with Crippen LogP contribution >= 0.6 is 11.6 Å². The summed E-state index contributed by atoms with van der Waals surface area (Å²) in [6.07, 6.45) is -3.90. The number of nitrogens with zero attached hydrogens (tertiary/aromatic N) is 3. The molecule has 0 spiro atoms. The third-order valence-electron chi connectivity index (χ3n) is 2.34. The summed E-state index contributed by atoms with van der Waals surface area (Å²) in [5.74, 6) is -0.696. The van der Waals surface area contributed by atoms with E-state index in [1.54, 1.807) is 0 Å². The maximum Gasteiger partial charge on any atom is 0.436 e. The third kappa shape index (κ3) is 2.17. The minimum absolute atomic E-state index is 0.0983. The minimum Gasteiger partial charge on any atom is -0.220 e. The van der Waals surface area contributed by atoms with Gasteiger partial charge in [0.05, 0.1) is 16.9 Å². The van der Waals surface area contributed by atoms with Gasteiger partial charge in [0.1, 0.15) is 5.82 Å². The molecule has 0 unspecified atom stereocenters. The Hall–Kier alpha value is -1.63. The van der Waals surface area contributed by atoms with Crippen LogP contribution in [0.3, 0.4) is 0 Å². The van der Waals surface area contributed by atoms with E-state index in [4.69, 9.17) is 11.6 Å². The number of halogens is 5. The lowest BCUT2D eigenvalue weighted by molar-refractivity contribution is -0.141. The van der Waals surface area contributed by atoms with Crippen LogP contribution in [0.1, 0.15) is 11.3 Å². The van der Waals surface area contributed by atoms with Gasteiger partial charge in [0, 0.05) is 5.56 Å². The quantitative estimate of drug-likeness (QED) is 0.749. The molecule has 0 fully saturated rings. The van der Waals surface area contributed by atoms with E-state index >= 15 is 0 Å². The lowest BCUT2D eigenvalue weighted by atomic mass is 10.2. The van der Waals surface area contributed by atoms with Crippen LogP contribution in [0.15, 0.2) is 18.3 Å². The van der Waals surface area contributed by atoms with Crippen LogP contribution in [0.4, 0.5) is 17.6 Å². The number of hydrogen-bond acceptors (Lipinski definition) is 2. The Balaban J connectivity index is 2.50. The molecule has 2 aromatic rings. The number of hydrogen-bond donors (Lipinski definition) is 0. The molecule has 8 heteroatoms. The van der Waals surface area contributed by atoms with Gasteiger partial charge in [-0.05, 0) is 19.1 Å². The van der Waals surface area contributed by atoms with Crippen molar-refractivity contribution in [2.75, 3.05) is 0 Å². The Bertz CT molecular complexity index is 591. The van der Waals surface area contributed by atoms with E-state index in [-0.39, 0.29) is 16.3 Å². The number of rotatable bonds is 1. The molecule has 3 nitrogen and oxygen atoms in total. The first kappa shape index (κ1) is 12.8. The van der Waals surface area contributed by atoms with Crippen LogP contribution in [0.5, 0.6) is 0 Å². The molecule has 0 radical (unpaired) electrons. The molecule has 2 rings (SSSR count). The van der Waals surface area contributed by atoms with Crippen molar-refractivity contribution in [3.8, 4) is 5.69 Å². The molecule has 0 aliphatic rings. The highest BCUT2D eigenvalue weighted by molar-refractivity contribution is 6.30. The normalized spacial score (nSPS) is 11.9. The zero-order valence-electron chi connectivity index (χ0n) is 8.96. The van der Waals surface area contributed by atoms with Gasteiger partial charge in [-0.3, -0.25) is 0 Å². The molecule has 18 heavy (non-hydrogen) atoms. The second-order valence-electron chi connectivity index (χ2n) is 3.55. The number of aromatic nitrogens is 3. The molecular weight excluding hydrogens is 274 g/mol. The highest BCUT2D eigenvalue weighted by atomic mass is 35.5. The van der Waals surface area contributed by atoms with Crippen molar-refractivity contribution in [1.29, 1.82) is 0 Å². The molecule has 96 valence electrons. The second kappa shape index (κ2) is 4.24. The van der Waals surface area contributed by atoms with E-state index in [1.165, 1.54) is 19.1 Å². The van der Waals surface area contributed by atoms with Crippen molar-refractivity contribution in [2.24, 2.45) is 0 Å². The van der Waals surface area contributed by atoms with Gasteiger partial charge in [0.2, 0.25) is 0 Å². The van der Waals surface area contributed by atoms with Crippen molar-refractivity contribution in [2.45, 2.75) is 13.1 Å². The summed E-state index contributed by atoms with van der Waals surface area (Å²) in [5.41, 5.74) is -0.890. The van der Waals surface area contributed by atoms with Crippen molar-refractivity contribution in [1.82, 2.24) is 15.0 Å². The average Bonchev–Trinajstić information content (AvgIpc) is 2.75. The SMILES string of the molecule is Cc1c(-n2cc(C(F)(F)F)nn2)ccc(Cl)c1F. The number of alkyl halides is 3. The van der Waals surface area contributed by atoms with E-state index in [0.29, 0.717) is 6.20 Å². The van der Waals surface area contributed by atoms with Crippen LogP contribution in [0.25, 0.3) is 5.69 Å². The molecule has 0 N–H and O–H groups in total. The summed E-state index contributed by atoms with van der Waals surface area (Å²) in [6.45, 7) is 1.39. The Kier molecular flexibility index (Phi) is 3.02. The summed E-state index contributed by atoms with van der Waals surface area (Å²) in [6, 6.07) is 2.61. The van der Waals surface area contributed by atoms with Crippen molar-refractivity contribution >= 4 is 11.6 Å². The smallest absolute Gasteiger partial charge is 0.220 e. The van der Waals surface area contributed by atoms with E-state index in [0.717, 1.165) is 4.68 Å². The predicted molar refractivity (Wildman–Crippen MR) is 56.1 cm³/mol. The van der Waals surface area contributed by atoms with Crippen LogP contribution in [0.2, 0.25) is 5.02 Å². The number of benzene rings is 1. The minimum atomic E-state index is -4.59. The fourth-order valence-corrected chi connectivity index (χ4v) is 1.61. The first-order valence-corrected chi connectivity index (χ1v) is 5.13. The Morgan fingerprint density at radius 1 is 1.28 bits per heavy atom. The van der Waals surface area contributed by atoms with Gasteiger partial charge < -0.3 is 0 Å². The molecule has 0 saturated heterocycles. The zero-order chi connectivity index (χ0) is 13.5. The largest absolute Gasteiger partial charge is 0.436 e. The van der Waals surface area contributed by atoms with Gasteiger partial charge in [0.15, 0.2) is 5.69 Å². The lowest BCUT2D eigenvalue weighted by Crippen LogP contribution is -2.05. The first-order chi connectivity index (χ1) is 8.30. The van der Waals surface area contributed by atoms with Crippen molar-refractivity contribution in [3.05, 3.63) is 40.4 Å². The van der Waals surface area contributed by atoms with E-state index < -0.39 is 17.7 Å². The molecule has 0 bridgehead atoms. The fourth-order valence-electron chi connectivity index (χ4n) is 1.40. The maximum atomic E-state index is 13.5. The molecule has 1 heterocycles. The topological polar surface area (TPSA) is 30.7 Å². The van der Waals surface area contributed by atoms with Gasteiger partial charge in [-0.2, -0.15) is 13.2 Å². The monoisotopic (exact) mass is 279 g/mol. The summed E-state index contributed by atoms with van der Waals surface area (Å²) < 4.78 is 51.4. The van der Waals surface area contributed by atoms with E-state index in [1.807, 2.05) is 0 Å². The van der Waals surface area contributed by atoms with Crippen LogP contribution in [-0.4, -0.2) is 15.0 Å². The molecule has 0 aliphatic carbocycles. The van der Waals surface area contributed by atoms with Gasteiger partial charge in [0.25, 0.3) is 0 Å². The highest BCUT2D eigenvalue weighted by Crippen LogP contribution is 2.28. The summed E-state index contributed by atoms with van der Waals surface area (Å²) in [5, 5.41) is 6.21. The van der Waals surface area contributed by atoms with E-state index in [9.17, 15) is 17.6 Å². The van der Waals surface area contributed by atoms with Gasteiger partial charge in [-0.15, -0.1) is 5.10 Å². The van der Waals surface area contributed by atoms with Crippen LogP contribution < -0.4 is 0 Å². The standard InChI is InChI=1S/C10H6ClF4N3/c1-5-7(3-2-6(11)9(5)12)18-4-8(16-17-18)10(13,14)15/h2-4H,1H3. The van der Waals surface area contributed by atoms with Gasteiger partial charge in [-0.1, -0.05) is 16.8 Å². The van der Waals surface area contributed by atoms with Crippen molar-refractivity contribution in [3.63, 3.8) is 0 Å². The summed E-state index contributed by atoms with van der Waals surface area (Å²) >= 11 is 5.55. The molecule has 1 aromatic heterocycles. The predicted octanol–water partition coefficient (Wildman–Crippen LogP) is 3.39. The maximum absolute atomic E-state index is 13.5. The van der Waals surface area contributed by atoms with Gasteiger partial charge in [-0.25, -0.2) is 9.07 Å². The molecule has 0 atom stereocenters. The molecule has 1 aromatic carbocycles. The molecule has 0 aliphatic heterocycles. The highest BCUT2D eigenvalue weighted by Gasteiger charge is 2.34. The molecule has 0 amide bonds. The molecular formula is C10H6ClF4N3. The van der Waals surface area contributed by atoms with Crippen molar-refractivity contribution < 1.29 is 17.6 Å². The second-order valence-corrected chi connectivity index (χ2v) is 3.96. The Labute approximate surface area is 104 Å². The first-order valence-electron chi connectivity index (χ1n) is 4.75. The Morgan fingerprint density at radius 2 is 1.94 bits per heavy atom. The van der Waals surface area contributed by atoms with E-state index in [2.05, 4.69) is 10.3 Å². The lowest BCUT2D eigenvalue weighted by Gasteiger charge is -2.06. The van der Waals surface area contributed by atoms with Crippen LogP contribution in [-0.2, 0) is 6.18 Å².